The molecule has 3 aliphatic rings. The minimum atomic E-state index is -0.651. The first-order valence-electron chi connectivity index (χ1n) is 24.3. The zero-order valence-corrected chi connectivity index (χ0v) is 47.5. The van der Waals surface area contributed by atoms with E-state index in [0.29, 0.717) is 66.3 Å². The third-order valence-corrected chi connectivity index (χ3v) is 12.9. The third kappa shape index (κ3) is 18.0. The number of methoxy groups -OCH3 is 1. The molecule has 23 nitrogen and oxygen atoms in total. The monoisotopic (exact) mass is 1260 g/mol. The molecule has 1 aromatic carbocycles. The van der Waals surface area contributed by atoms with E-state index in [2.05, 4.69) is 37.2 Å². The number of ether oxygens (including phenoxy) is 2. The summed E-state index contributed by atoms with van der Waals surface area (Å²) in [7, 11) is 2.99. The van der Waals surface area contributed by atoms with Crippen molar-refractivity contribution in [2.24, 2.45) is 22.6 Å². The molecule has 0 bridgehead atoms. The Morgan fingerprint density at radius 3 is 2.14 bits per heavy atom. The topological polar surface area (TPSA) is 353 Å². The predicted octanol–water partition coefficient (Wildman–Crippen LogP) is -0.626. The van der Waals surface area contributed by atoms with Crippen LogP contribution in [0.25, 0.3) is 22.3 Å². The van der Waals surface area contributed by atoms with Gasteiger partial charge in [-0.2, -0.15) is 0 Å². The SMILES string of the molecule is CCC(C=O)c1cc2n(c(=O)c1COC)Cc1c-2nc2cc(F)c(C)c3c2c1CCC3.CN(C(=O)/C=C\C=O)C(CNCC=O)CC(=O)NCC(=O)NCC(=O)NCCOCC1(C(N)=O)CCC1.NC=O.NC=O.[CH3][Pb]. The number of nitrogens with two attached hydrogens (primary N) is 3. The quantitative estimate of drug-likeness (QED) is 0.0199. The fourth-order valence-corrected chi connectivity index (χ4v) is 8.77. The zero-order chi connectivity index (χ0) is 57.0. The molecule has 2 atom stereocenters. The molecule has 0 saturated heterocycles. The molecule has 1 aliphatic heterocycles. The summed E-state index contributed by atoms with van der Waals surface area (Å²) in [6.45, 7) is 4.42. The molecule has 1 saturated carbocycles. The summed E-state index contributed by atoms with van der Waals surface area (Å²) in [4.78, 5) is 129. The average molecular weight is 1260 g/mol. The van der Waals surface area contributed by atoms with Crippen LogP contribution >= 0.6 is 0 Å². The number of carbonyl (C=O) groups is 10. The van der Waals surface area contributed by atoms with Gasteiger partial charge in [0, 0.05) is 68.2 Å². The molecule has 10 N–H and O–H groups in total. The summed E-state index contributed by atoms with van der Waals surface area (Å²) in [6, 6.07) is 2.79. The van der Waals surface area contributed by atoms with Gasteiger partial charge in [-0.3, -0.25) is 43.2 Å². The number of rotatable bonds is 24. The second kappa shape index (κ2) is 34.1. The van der Waals surface area contributed by atoms with E-state index in [4.69, 9.17) is 29.8 Å². The predicted molar refractivity (Wildman–Crippen MR) is 280 cm³/mol. The Bertz CT molecular complexity index is 2620. The maximum atomic E-state index is 14.6. The van der Waals surface area contributed by atoms with Gasteiger partial charge in [-0.1, -0.05) is 13.3 Å². The third-order valence-electron chi connectivity index (χ3n) is 12.9. The number of primary amides is 3. The Hall–Kier alpha value is -6.65. The number of aryl methyl sites for hydroxylation is 2. The van der Waals surface area contributed by atoms with Crippen LogP contribution in [0, 0.1) is 18.2 Å². The maximum absolute atomic E-state index is 14.6. The number of carbonyl (C=O) groups excluding carboxylic acids is 10. The first kappa shape index (κ1) is 65.5. The summed E-state index contributed by atoms with van der Waals surface area (Å²) >= 11 is 1.31. The Morgan fingerprint density at radius 2 is 1.58 bits per heavy atom. The molecule has 2 aromatic heterocycles. The van der Waals surface area contributed by atoms with Crippen LogP contribution in [0.4, 0.5) is 4.39 Å². The van der Waals surface area contributed by atoms with E-state index in [0.717, 1.165) is 66.3 Å². The van der Waals surface area contributed by atoms with Gasteiger partial charge >= 0.3 is 30.3 Å². The van der Waals surface area contributed by atoms with Crippen molar-refractivity contribution in [1.29, 1.82) is 0 Å². The summed E-state index contributed by atoms with van der Waals surface area (Å²) in [6.07, 6.45) is 9.99. The first-order chi connectivity index (χ1) is 36.5. The van der Waals surface area contributed by atoms with Crippen molar-refractivity contribution in [3.8, 4) is 11.4 Å². The number of fused-ring (bicyclic) bond motifs is 4. The first-order valence-corrected chi connectivity index (χ1v) is 28.2. The molecular formula is C51H70FN10O13Pb. The van der Waals surface area contributed by atoms with Crippen LogP contribution in [0.15, 0.2) is 29.1 Å². The van der Waals surface area contributed by atoms with Crippen LogP contribution < -0.4 is 44.0 Å². The summed E-state index contributed by atoms with van der Waals surface area (Å²) in [5.41, 5.74) is 20.3. The molecular weight excluding hydrogens is 1190 g/mol. The molecule has 2 aliphatic carbocycles. The average Bonchev–Trinajstić information content (AvgIpc) is 3.77. The van der Waals surface area contributed by atoms with Gasteiger partial charge < -0.3 is 67.0 Å². The van der Waals surface area contributed by atoms with Gasteiger partial charge in [0.05, 0.1) is 74.4 Å². The van der Waals surface area contributed by atoms with E-state index in [1.807, 2.05) is 19.9 Å². The van der Waals surface area contributed by atoms with Gasteiger partial charge in [0.15, 0.2) is 0 Å². The van der Waals surface area contributed by atoms with E-state index >= 15 is 0 Å². The minimum absolute atomic E-state index is 0.0229. The van der Waals surface area contributed by atoms with E-state index in [9.17, 15) is 47.5 Å². The number of pyridine rings is 2. The number of amides is 7. The summed E-state index contributed by atoms with van der Waals surface area (Å²) in [5.74, 6) is -3.09. The van der Waals surface area contributed by atoms with Gasteiger partial charge in [0.2, 0.25) is 42.4 Å². The second-order valence-electron chi connectivity index (χ2n) is 17.4. The molecule has 6 rings (SSSR count). The fraction of sp³-hybridized carbons (Fsp3) is 0.490. The van der Waals surface area contributed by atoms with Gasteiger partial charge in [0.25, 0.3) is 5.56 Å². The molecule has 1 fully saturated rings. The molecule has 3 radical (unpaired) electrons. The standard InChI is InChI=1S/C25H25FN2O3.C23H36N6O8.2CH3NO.CH3.Pb/c1-4-14(11-29)17-8-22-24-18(10-28(22)25(30)19(17)12-31-3)16-7-5-6-15-13(2)20(26)9-21(27-24)23(15)16;1-29(21(35)4-2-9-30)17(13-25-7-10-31)12-18(32)27-15-20(34)28-14-19(33)26-8-11-37-16-23(22(24)36)5-3-6-23;2*2-1-3;;/h8-9,11,14H,4-7,10,12H2,1-3H3;2,4,9-10,17,25H,3,5-8,11-16H2,1H3,(H2,24,36)(H,26,33)(H,27,32)(H,28,34);2*1H,(H2,2,3);1H3;/b;4-2-;;;;. The van der Waals surface area contributed by atoms with E-state index < -0.39 is 35.1 Å². The second-order valence-corrected chi connectivity index (χ2v) is 17.4. The van der Waals surface area contributed by atoms with Crippen LogP contribution in [0.5, 0.6) is 0 Å². The zero-order valence-electron chi connectivity index (χ0n) is 43.6. The van der Waals surface area contributed by atoms with Crippen LogP contribution in [0.1, 0.15) is 84.7 Å². The molecule has 3 aromatic rings. The molecule has 413 valence electrons. The molecule has 76 heavy (non-hydrogen) atoms. The number of nitrogens with zero attached hydrogens (tertiary/aromatic N) is 3. The number of aromatic nitrogens is 2. The number of likely N-dealkylation sites (N-methyl/N-ethyl adjacent to an activating group) is 1. The van der Waals surface area contributed by atoms with Crippen molar-refractivity contribution in [3.05, 3.63) is 73.8 Å². The number of benzene rings is 1. The van der Waals surface area contributed by atoms with Crippen molar-refractivity contribution in [2.45, 2.75) is 94.8 Å². The number of hydrogen-bond donors (Lipinski definition) is 7. The molecule has 25 heteroatoms. The van der Waals surface area contributed by atoms with Crippen LogP contribution in [0.3, 0.4) is 0 Å². The number of nitrogens with one attached hydrogen (secondary N) is 4. The van der Waals surface area contributed by atoms with Gasteiger partial charge in [-0.05, 0) is 79.8 Å². The Kier molecular flexibility index (Phi) is 29.4. The van der Waals surface area contributed by atoms with Crippen molar-refractivity contribution >= 4 is 97.9 Å². The summed E-state index contributed by atoms with van der Waals surface area (Å²) < 4.78 is 29.2. The molecule has 2 unspecified atom stereocenters. The van der Waals surface area contributed by atoms with Crippen molar-refractivity contribution in [3.63, 3.8) is 0 Å². The van der Waals surface area contributed by atoms with Gasteiger partial charge in [-0.25, -0.2) is 9.37 Å². The molecule has 3 heterocycles. The Balaban J connectivity index is 0.000000461. The van der Waals surface area contributed by atoms with E-state index in [1.165, 1.54) is 49.3 Å². The molecule has 0 spiro atoms. The summed E-state index contributed by atoms with van der Waals surface area (Å²) in [5, 5.41) is 11.2. The molecule has 7 amide bonds. The normalized spacial score (nSPS) is 13.7. The van der Waals surface area contributed by atoms with Crippen molar-refractivity contribution < 1.29 is 61.8 Å². The van der Waals surface area contributed by atoms with Crippen LogP contribution in [-0.4, -0.2) is 168 Å². The fourth-order valence-electron chi connectivity index (χ4n) is 8.77. The van der Waals surface area contributed by atoms with Crippen molar-refractivity contribution in [2.75, 3.05) is 60.1 Å². The van der Waals surface area contributed by atoms with Gasteiger partial charge in [-0.15, -0.1) is 0 Å². The van der Waals surface area contributed by atoms with Crippen LogP contribution in [-0.2, 0) is 83.4 Å². The van der Waals surface area contributed by atoms with Crippen LogP contribution in [0.2, 0.25) is 4.48 Å². The number of aldehydes is 3. The number of hydrogen-bond acceptors (Lipinski definition) is 15. The van der Waals surface area contributed by atoms with Gasteiger partial charge in [0.1, 0.15) is 24.7 Å². The van der Waals surface area contributed by atoms with E-state index in [-0.39, 0.29) is 95.0 Å². The van der Waals surface area contributed by atoms with E-state index in [1.54, 1.807) is 11.7 Å². The number of allylic oxidation sites excluding steroid dienone is 1. The van der Waals surface area contributed by atoms with Crippen molar-refractivity contribution in [1.82, 2.24) is 35.7 Å². The Labute approximate surface area is 456 Å². The Morgan fingerprint density at radius 1 is 0.947 bits per heavy atom. The number of halogens is 1.